The summed E-state index contributed by atoms with van der Waals surface area (Å²) in [6, 6.07) is 2.29. The molecule has 2 rings (SSSR count). The molecular weight excluding hydrogens is 190 g/mol. The third kappa shape index (κ3) is 3.08. The molecule has 1 aliphatic carbocycles. The number of methoxy groups -OCH3 is 1. The molecule has 4 heteroatoms. The van der Waals surface area contributed by atoms with E-state index < -0.39 is 0 Å². The van der Waals surface area contributed by atoms with Crippen molar-refractivity contribution in [3.05, 3.63) is 12.4 Å². The molecule has 0 saturated heterocycles. The smallest absolute Gasteiger partial charge is 0.218 e. The SMILES string of the molecule is COc1cc(NC(C)CC2CC2)ncn1. The highest BCUT2D eigenvalue weighted by atomic mass is 16.5. The van der Waals surface area contributed by atoms with Crippen LogP contribution in [0.3, 0.4) is 0 Å². The van der Waals surface area contributed by atoms with Crippen LogP contribution < -0.4 is 10.1 Å². The van der Waals surface area contributed by atoms with E-state index in [4.69, 9.17) is 4.74 Å². The van der Waals surface area contributed by atoms with Crippen LogP contribution in [0, 0.1) is 5.92 Å². The zero-order valence-electron chi connectivity index (χ0n) is 9.23. The van der Waals surface area contributed by atoms with Crippen molar-refractivity contribution in [1.82, 2.24) is 9.97 Å². The molecule has 1 unspecified atom stereocenters. The molecule has 1 fully saturated rings. The van der Waals surface area contributed by atoms with E-state index >= 15 is 0 Å². The maximum absolute atomic E-state index is 5.04. The first-order valence-electron chi connectivity index (χ1n) is 5.40. The van der Waals surface area contributed by atoms with Gasteiger partial charge >= 0.3 is 0 Å². The van der Waals surface area contributed by atoms with Crippen molar-refractivity contribution >= 4 is 5.82 Å². The monoisotopic (exact) mass is 207 g/mol. The molecule has 0 radical (unpaired) electrons. The van der Waals surface area contributed by atoms with Crippen LogP contribution in [0.5, 0.6) is 5.88 Å². The first-order chi connectivity index (χ1) is 7.28. The van der Waals surface area contributed by atoms with Gasteiger partial charge in [0.05, 0.1) is 7.11 Å². The Morgan fingerprint density at radius 3 is 3.00 bits per heavy atom. The molecule has 4 nitrogen and oxygen atoms in total. The van der Waals surface area contributed by atoms with E-state index in [2.05, 4.69) is 22.2 Å². The molecule has 0 amide bonds. The van der Waals surface area contributed by atoms with Gasteiger partial charge in [-0.1, -0.05) is 12.8 Å². The molecule has 1 aromatic rings. The van der Waals surface area contributed by atoms with Gasteiger partial charge in [0.1, 0.15) is 12.1 Å². The summed E-state index contributed by atoms with van der Waals surface area (Å²) in [5.41, 5.74) is 0. The minimum atomic E-state index is 0.470. The van der Waals surface area contributed by atoms with Gasteiger partial charge in [-0.05, 0) is 19.3 Å². The van der Waals surface area contributed by atoms with Gasteiger partial charge in [0.25, 0.3) is 0 Å². The van der Waals surface area contributed by atoms with Crippen molar-refractivity contribution in [1.29, 1.82) is 0 Å². The summed E-state index contributed by atoms with van der Waals surface area (Å²) in [5, 5.41) is 3.36. The Balaban J connectivity index is 1.90. The van der Waals surface area contributed by atoms with Gasteiger partial charge in [-0.15, -0.1) is 0 Å². The van der Waals surface area contributed by atoms with E-state index in [-0.39, 0.29) is 0 Å². The van der Waals surface area contributed by atoms with Crippen LogP contribution in [0.25, 0.3) is 0 Å². The van der Waals surface area contributed by atoms with E-state index in [1.54, 1.807) is 7.11 Å². The van der Waals surface area contributed by atoms with Crippen LogP contribution in [-0.2, 0) is 0 Å². The van der Waals surface area contributed by atoms with Gasteiger partial charge in [0.2, 0.25) is 5.88 Å². The Morgan fingerprint density at radius 2 is 2.33 bits per heavy atom. The number of ether oxygens (including phenoxy) is 1. The van der Waals surface area contributed by atoms with Crippen molar-refractivity contribution in [2.24, 2.45) is 5.92 Å². The number of nitrogens with one attached hydrogen (secondary N) is 1. The molecule has 15 heavy (non-hydrogen) atoms. The largest absolute Gasteiger partial charge is 0.481 e. The van der Waals surface area contributed by atoms with Crippen molar-refractivity contribution in [3.63, 3.8) is 0 Å². The molecule has 0 aromatic carbocycles. The Morgan fingerprint density at radius 1 is 1.53 bits per heavy atom. The molecule has 0 aliphatic heterocycles. The van der Waals surface area contributed by atoms with E-state index in [1.165, 1.54) is 25.6 Å². The topological polar surface area (TPSA) is 47.0 Å². The average molecular weight is 207 g/mol. The van der Waals surface area contributed by atoms with Crippen molar-refractivity contribution in [2.75, 3.05) is 12.4 Å². The van der Waals surface area contributed by atoms with Crippen molar-refractivity contribution in [2.45, 2.75) is 32.2 Å². The normalized spacial score (nSPS) is 17.2. The number of hydrogen-bond donors (Lipinski definition) is 1. The third-order valence-electron chi connectivity index (χ3n) is 2.63. The zero-order valence-corrected chi connectivity index (χ0v) is 9.23. The summed E-state index contributed by atoms with van der Waals surface area (Å²) in [7, 11) is 1.61. The molecule has 1 saturated carbocycles. The Bertz CT molecular complexity index is 325. The Kier molecular flexibility index (Phi) is 3.04. The number of hydrogen-bond acceptors (Lipinski definition) is 4. The lowest BCUT2D eigenvalue weighted by atomic mass is 10.1. The molecule has 1 atom stereocenters. The summed E-state index contributed by atoms with van der Waals surface area (Å²) in [6.45, 7) is 2.19. The van der Waals surface area contributed by atoms with Crippen LogP contribution in [0.4, 0.5) is 5.82 Å². The molecule has 1 N–H and O–H groups in total. The molecule has 0 spiro atoms. The standard InChI is InChI=1S/C11H17N3O/c1-8(5-9-3-4-9)14-10-6-11(15-2)13-7-12-10/h6-9H,3-5H2,1-2H3,(H,12,13,14). The Hall–Kier alpha value is -1.32. The van der Waals surface area contributed by atoms with Crippen molar-refractivity contribution in [3.8, 4) is 5.88 Å². The molecule has 1 heterocycles. The summed E-state index contributed by atoms with van der Waals surface area (Å²) >= 11 is 0. The van der Waals surface area contributed by atoms with Crippen LogP contribution in [0.2, 0.25) is 0 Å². The quantitative estimate of drug-likeness (QED) is 0.803. The summed E-state index contributed by atoms with van der Waals surface area (Å²) < 4.78 is 5.04. The lowest BCUT2D eigenvalue weighted by molar-refractivity contribution is 0.397. The van der Waals surface area contributed by atoms with Gasteiger partial charge in [-0.25, -0.2) is 9.97 Å². The van der Waals surface area contributed by atoms with Crippen LogP contribution in [0.15, 0.2) is 12.4 Å². The fraction of sp³-hybridized carbons (Fsp3) is 0.636. The highest BCUT2D eigenvalue weighted by Crippen LogP contribution is 2.33. The number of aromatic nitrogens is 2. The zero-order chi connectivity index (χ0) is 10.7. The van der Waals surface area contributed by atoms with Gasteiger partial charge < -0.3 is 10.1 Å². The predicted molar refractivity (Wildman–Crippen MR) is 59.0 cm³/mol. The molecule has 82 valence electrons. The highest BCUT2D eigenvalue weighted by molar-refractivity contribution is 5.37. The minimum Gasteiger partial charge on any atom is -0.481 e. The second-order valence-corrected chi connectivity index (χ2v) is 4.17. The van der Waals surface area contributed by atoms with Gasteiger partial charge in [0.15, 0.2) is 0 Å². The maximum atomic E-state index is 5.04. The van der Waals surface area contributed by atoms with E-state index in [0.717, 1.165) is 11.7 Å². The second kappa shape index (κ2) is 4.47. The van der Waals surface area contributed by atoms with E-state index in [9.17, 15) is 0 Å². The lowest BCUT2D eigenvalue weighted by Crippen LogP contribution is -2.16. The molecule has 1 aliphatic rings. The highest BCUT2D eigenvalue weighted by Gasteiger charge is 2.23. The summed E-state index contributed by atoms with van der Waals surface area (Å²) in [4.78, 5) is 8.12. The van der Waals surface area contributed by atoms with Crippen molar-refractivity contribution < 1.29 is 4.74 Å². The Labute approximate surface area is 90.1 Å². The number of rotatable bonds is 5. The maximum Gasteiger partial charge on any atom is 0.218 e. The van der Waals surface area contributed by atoms with Crippen LogP contribution in [-0.4, -0.2) is 23.1 Å². The molecular formula is C11H17N3O. The average Bonchev–Trinajstić information content (AvgIpc) is 3.02. The second-order valence-electron chi connectivity index (χ2n) is 4.17. The fourth-order valence-corrected chi connectivity index (χ4v) is 1.69. The number of anilines is 1. The first-order valence-corrected chi connectivity index (χ1v) is 5.40. The molecule has 1 aromatic heterocycles. The minimum absolute atomic E-state index is 0.470. The van der Waals surface area contributed by atoms with E-state index in [1.807, 2.05) is 6.07 Å². The summed E-state index contributed by atoms with van der Waals surface area (Å²) in [6.07, 6.45) is 5.52. The summed E-state index contributed by atoms with van der Waals surface area (Å²) in [5.74, 6) is 2.37. The van der Waals surface area contributed by atoms with Gasteiger partial charge in [-0.2, -0.15) is 0 Å². The molecule has 0 bridgehead atoms. The van der Waals surface area contributed by atoms with E-state index in [0.29, 0.717) is 11.9 Å². The third-order valence-corrected chi connectivity index (χ3v) is 2.63. The van der Waals surface area contributed by atoms with Gasteiger partial charge in [0, 0.05) is 12.1 Å². The van der Waals surface area contributed by atoms with Gasteiger partial charge in [-0.3, -0.25) is 0 Å². The number of nitrogens with zero attached hydrogens (tertiary/aromatic N) is 2. The van der Waals surface area contributed by atoms with Crippen LogP contribution in [0.1, 0.15) is 26.2 Å². The fourth-order valence-electron chi connectivity index (χ4n) is 1.69. The lowest BCUT2D eigenvalue weighted by Gasteiger charge is -2.13. The predicted octanol–water partition coefficient (Wildman–Crippen LogP) is 2.09. The first kappa shape index (κ1) is 10.2. The van der Waals surface area contributed by atoms with Crippen LogP contribution >= 0.6 is 0 Å².